The SMILES string of the molecule is C[C@H]1C(=O)N2CCCc3cc(S(=O)(=O)N4CC[NH+](Cc5ccccc5)CC4)cc1c32. The Morgan fingerprint density at radius 2 is 1.80 bits per heavy atom. The number of carbonyl (C=O) groups excluding carboxylic acids is 1. The molecule has 1 fully saturated rings. The van der Waals surface area contributed by atoms with E-state index in [1.165, 1.54) is 10.5 Å². The van der Waals surface area contributed by atoms with E-state index in [0.717, 1.165) is 55.8 Å². The van der Waals surface area contributed by atoms with Crippen LogP contribution in [0.3, 0.4) is 0 Å². The first kappa shape index (κ1) is 19.7. The largest absolute Gasteiger partial charge is 0.329 e. The lowest BCUT2D eigenvalue weighted by atomic mass is 9.97. The molecule has 3 aliphatic heterocycles. The minimum absolute atomic E-state index is 0.0959. The van der Waals surface area contributed by atoms with E-state index < -0.39 is 10.0 Å². The Hall–Kier alpha value is -2.22. The second-order valence-electron chi connectivity index (χ2n) is 8.65. The normalized spacial score (nSPS) is 22.4. The number of rotatable bonds is 4. The summed E-state index contributed by atoms with van der Waals surface area (Å²) in [6, 6.07) is 13.9. The van der Waals surface area contributed by atoms with E-state index in [2.05, 4.69) is 12.1 Å². The van der Waals surface area contributed by atoms with Crippen LogP contribution in [0.25, 0.3) is 0 Å². The molecule has 2 aromatic rings. The third-order valence-electron chi connectivity index (χ3n) is 6.76. The maximum Gasteiger partial charge on any atom is 0.243 e. The fourth-order valence-electron chi connectivity index (χ4n) is 5.07. The van der Waals surface area contributed by atoms with Crippen LogP contribution in [0.4, 0.5) is 5.69 Å². The summed E-state index contributed by atoms with van der Waals surface area (Å²) in [5, 5.41) is 0. The van der Waals surface area contributed by atoms with Gasteiger partial charge in [0, 0.05) is 12.1 Å². The summed E-state index contributed by atoms with van der Waals surface area (Å²) in [7, 11) is -3.56. The van der Waals surface area contributed by atoms with E-state index >= 15 is 0 Å². The highest BCUT2D eigenvalue weighted by Crippen LogP contribution is 2.44. The molecule has 1 amide bonds. The average Bonchev–Trinajstić information content (AvgIpc) is 3.01. The molecule has 3 aliphatic rings. The number of quaternary nitrogens is 1. The Bertz CT molecular complexity index is 1080. The van der Waals surface area contributed by atoms with Crippen LogP contribution < -0.4 is 9.80 Å². The number of piperazine rings is 1. The molecule has 7 heteroatoms. The van der Waals surface area contributed by atoms with Crippen molar-refractivity contribution in [1.82, 2.24) is 4.31 Å². The van der Waals surface area contributed by atoms with Gasteiger partial charge >= 0.3 is 0 Å². The Kier molecular flexibility index (Phi) is 4.92. The van der Waals surface area contributed by atoms with Crippen molar-refractivity contribution in [1.29, 1.82) is 0 Å². The van der Waals surface area contributed by atoms with Crippen LogP contribution in [0, 0.1) is 0 Å². The molecule has 5 rings (SSSR count). The summed E-state index contributed by atoms with van der Waals surface area (Å²) in [5.41, 5.74) is 4.13. The lowest BCUT2D eigenvalue weighted by Crippen LogP contribution is -3.13. The molecule has 3 heterocycles. The van der Waals surface area contributed by atoms with Gasteiger partial charge in [0.25, 0.3) is 0 Å². The van der Waals surface area contributed by atoms with Crippen molar-refractivity contribution >= 4 is 21.6 Å². The fourth-order valence-corrected chi connectivity index (χ4v) is 6.60. The van der Waals surface area contributed by atoms with Crippen LogP contribution in [0.15, 0.2) is 47.4 Å². The fraction of sp³-hybridized carbons (Fsp3) is 0.435. The van der Waals surface area contributed by atoms with Gasteiger partial charge in [-0.2, -0.15) is 4.31 Å². The molecule has 2 aromatic carbocycles. The van der Waals surface area contributed by atoms with E-state index in [-0.39, 0.29) is 11.8 Å². The predicted molar refractivity (Wildman–Crippen MR) is 115 cm³/mol. The third kappa shape index (κ3) is 3.25. The van der Waals surface area contributed by atoms with Crippen molar-refractivity contribution < 1.29 is 18.1 Å². The minimum atomic E-state index is -3.56. The number of sulfonamides is 1. The molecule has 30 heavy (non-hydrogen) atoms. The van der Waals surface area contributed by atoms with E-state index in [0.29, 0.717) is 18.0 Å². The monoisotopic (exact) mass is 426 g/mol. The van der Waals surface area contributed by atoms with Crippen LogP contribution in [-0.4, -0.2) is 51.4 Å². The first-order chi connectivity index (χ1) is 14.4. The zero-order valence-corrected chi connectivity index (χ0v) is 18.1. The number of nitrogens with one attached hydrogen (secondary N) is 1. The minimum Gasteiger partial charge on any atom is -0.329 e. The van der Waals surface area contributed by atoms with Crippen molar-refractivity contribution in [3.8, 4) is 0 Å². The molecular formula is C23H28N3O3S+. The highest BCUT2D eigenvalue weighted by molar-refractivity contribution is 7.89. The number of anilines is 1. The lowest BCUT2D eigenvalue weighted by molar-refractivity contribution is -0.917. The summed E-state index contributed by atoms with van der Waals surface area (Å²) in [6.07, 6.45) is 1.72. The van der Waals surface area contributed by atoms with Crippen molar-refractivity contribution in [3.05, 3.63) is 59.2 Å². The highest BCUT2D eigenvalue weighted by Gasteiger charge is 2.40. The van der Waals surface area contributed by atoms with Crippen LogP contribution in [0.2, 0.25) is 0 Å². The second-order valence-corrected chi connectivity index (χ2v) is 10.6. The summed E-state index contributed by atoms with van der Waals surface area (Å²) in [5.74, 6) is -0.169. The summed E-state index contributed by atoms with van der Waals surface area (Å²) in [6.45, 7) is 6.20. The Labute approximate surface area is 178 Å². The van der Waals surface area contributed by atoms with Gasteiger partial charge in [0.2, 0.25) is 15.9 Å². The van der Waals surface area contributed by atoms with Crippen molar-refractivity contribution in [2.75, 3.05) is 37.6 Å². The smallest absolute Gasteiger partial charge is 0.243 e. The second kappa shape index (κ2) is 7.48. The van der Waals surface area contributed by atoms with Gasteiger partial charge < -0.3 is 9.80 Å². The average molecular weight is 427 g/mol. The number of amides is 1. The number of carbonyl (C=O) groups is 1. The molecule has 6 nitrogen and oxygen atoms in total. The molecule has 1 atom stereocenters. The summed E-state index contributed by atoms with van der Waals surface area (Å²) < 4.78 is 28.5. The predicted octanol–water partition coefficient (Wildman–Crippen LogP) is 1.17. The van der Waals surface area contributed by atoms with E-state index in [1.54, 1.807) is 10.4 Å². The maximum atomic E-state index is 13.4. The zero-order chi connectivity index (χ0) is 20.9. The van der Waals surface area contributed by atoms with Crippen LogP contribution >= 0.6 is 0 Å². The molecule has 0 saturated carbocycles. The number of aryl methyl sites for hydroxylation is 1. The molecule has 1 N–H and O–H groups in total. The topological polar surface area (TPSA) is 62.1 Å². The lowest BCUT2D eigenvalue weighted by Gasteiger charge is -2.32. The molecular weight excluding hydrogens is 398 g/mol. The molecule has 0 unspecified atom stereocenters. The van der Waals surface area contributed by atoms with Crippen molar-refractivity contribution in [2.24, 2.45) is 0 Å². The first-order valence-electron chi connectivity index (χ1n) is 10.8. The van der Waals surface area contributed by atoms with Crippen LogP contribution in [0.1, 0.15) is 36.0 Å². The molecule has 0 radical (unpaired) electrons. The Morgan fingerprint density at radius 3 is 2.53 bits per heavy atom. The summed E-state index contributed by atoms with van der Waals surface area (Å²) in [4.78, 5) is 16.2. The number of benzene rings is 2. The van der Waals surface area contributed by atoms with Crippen molar-refractivity contribution in [2.45, 2.75) is 37.1 Å². The Morgan fingerprint density at radius 1 is 1.07 bits per heavy atom. The van der Waals surface area contributed by atoms with E-state index in [9.17, 15) is 13.2 Å². The molecule has 0 aromatic heterocycles. The van der Waals surface area contributed by atoms with Crippen LogP contribution in [-0.2, 0) is 27.8 Å². The number of hydrogen-bond acceptors (Lipinski definition) is 3. The van der Waals surface area contributed by atoms with Crippen LogP contribution in [0.5, 0.6) is 0 Å². The molecule has 0 spiro atoms. The highest BCUT2D eigenvalue weighted by atomic mass is 32.2. The zero-order valence-electron chi connectivity index (χ0n) is 17.3. The summed E-state index contributed by atoms with van der Waals surface area (Å²) >= 11 is 0. The van der Waals surface area contributed by atoms with Gasteiger partial charge in [-0.1, -0.05) is 30.3 Å². The van der Waals surface area contributed by atoms with Gasteiger partial charge in [0.05, 0.1) is 42.7 Å². The quantitative estimate of drug-likeness (QED) is 0.799. The number of nitrogens with zero attached hydrogens (tertiary/aromatic N) is 2. The molecule has 158 valence electrons. The molecule has 1 saturated heterocycles. The van der Waals surface area contributed by atoms with Gasteiger partial charge in [0.15, 0.2) is 0 Å². The van der Waals surface area contributed by atoms with Gasteiger partial charge in [-0.25, -0.2) is 8.42 Å². The molecule has 0 aliphatic carbocycles. The molecule has 0 bridgehead atoms. The third-order valence-corrected chi connectivity index (χ3v) is 8.63. The van der Waals surface area contributed by atoms with E-state index in [1.807, 2.05) is 36.1 Å². The Balaban J connectivity index is 1.36. The van der Waals surface area contributed by atoms with Gasteiger partial charge in [0.1, 0.15) is 6.54 Å². The van der Waals surface area contributed by atoms with Crippen molar-refractivity contribution in [3.63, 3.8) is 0 Å². The first-order valence-corrected chi connectivity index (χ1v) is 12.2. The number of hydrogen-bond donors (Lipinski definition) is 1. The van der Waals surface area contributed by atoms with Gasteiger partial charge in [-0.15, -0.1) is 0 Å². The van der Waals surface area contributed by atoms with E-state index in [4.69, 9.17) is 0 Å². The maximum absolute atomic E-state index is 13.4. The van der Waals surface area contributed by atoms with Gasteiger partial charge in [-0.05, 0) is 43.0 Å². The standard InChI is InChI=1S/C23H27N3O3S/c1-17-21-15-20(14-19-8-5-9-26(22(19)21)23(17)27)30(28,29)25-12-10-24(11-13-25)16-18-6-3-2-4-7-18/h2-4,6-7,14-15,17H,5,8-13,16H2,1H3/p+1/t17-/m1/s1. The van der Waals surface area contributed by atoms with Gasteiger partial charge in [-0.3, -0.25) is 4.79 Å².